The largest absolute Gasteiger partial charge is 0.436 e. The average molecular weight is 577 g/mol. The molecule has 1 amide bonds. The number of oxime groups is 1. The summed E-state index contributed by atoms with van der Waals surface area (Å²) in [6, 6.07) is 0. The summed E-state index contributed by atoms with van der Waals surface area (Å²) >= 11 is 0. The Bertz CT molecular complexity index is 919. The van der Waals surface area contributed by atoms with Crippen LogP contribution in [0.1, 0.15) is 78.6 Å². The van der Waals surface area contributed by atoms with Crippen LogP contribution in [0.25, 0.3) is 0 Å². The molecule has 0 aromatic rings. The van der Waals surface area contributed by atoms with Gasteiger partial charge < -0.3 is 19.8 Å². The minimum atomic E-state index is -0.332. The topological polar surface area (TPSA) is 77.4 Å². The van der Waals surface area contributed by atoms with Crippen LogP contribution >= 0.6 is 0 Å². The number of hydrogen-bond donors (Lipinski definition) is 2. The third-order valence-electron chi connectivity index (χ3n) is 12.0. The molecular weight excluding hydrogens is 514 g/mol. The zero-order chi connectivity index (χ0) is 30.0. The monoisotopic (exact) mass is 576 g/mol. The first-order chi connectivity index (χ1) is 19.2. The molecule has 0 radical (unpaired) electrons. The molecule has 41 heavy (non-hydrogen) atoms. The third kappa shape index (κ3) is 7.47. The molecule has 4 fully saturated rings. The molecule has 0 aromatic carbocycles. The molecule has 8 atom stereocenters. The van der Waals surface area contributed by atoms with Crippen molar-refractivity contribution in [3.63, 3.8) is 0 Å². The molecule has 4 rings (SSSR count). The number of amides is 1. The van der Waals surface area contributed by atoms with Crippen molar-refractivity contribution in [2.45, 2.75) is 84.7 Å². The summed E-state index contributed by atoms with van der Waals surface area (Å²) in [6.45, 7) is 11.9. The minimum absolute atomic E-state index is 0.0845. The van der Waals surface area contributed by atoms with E-state index in [0.29, 0.717) is 30.3 Å². The zero-order valence-corrected chi connectivity index (χ0v) is 27.6. The molecular formula is C33H62N5O3+. The van der Waals surface area contributed by atoms with Crippen molar-refractivity contribution in [1.82, 2.24) is 15.1 Å². The molecule has 0 bridgehead atoms. The van der Waals surface area contributed by atoms with Crippen molar-refractivity contribution in [3.8, 4) is 0 Å². The number of carbonyl (C=O) groups excluding carboxylic acids is 1. The normalized spacial score (nSPS) is 37.4. The number of quaternary nitrogens is 1. The molecule has 4 aliphatic rings. The Morgan fingerprint density at radius 1 is 0.951 bits per heavy atom. The molecule has 4 aliphatic carbocycles. The molecule has 2 N–H and O–H groups in total. The summed E-state index contributed by atoms with van der Waals surface area (Å²) in [5.41, 5.74) is 1.63. The summed E-state index contributed by atoms with van der Waals surface area (Å²) in [4.78, 5) is 22.9. The molecule has 0 aliphatic heterocycles. The lowest BCUT2D eigenvalue weighted by molar-refractivity contribution is -0.869. The minimum Gasteiger partial charge on any atom is -0.393 e. The highest BCUT2D eigenvalue weighted by Gasteiger charge is 2.60. The zero-order valence-electron chi connectivity index (χ0n) is 27.6. The van der Waals surface area contributed by atoms with Crippen molar-refractivity contribution < 1.29 is 19.2 Å². The fraction of sp³-hybridized carbons (Fsp3) is 0.939. The molecule has 0 heterocycles. The van der Waals surface area contributed by atoms with E-state index in [1.54, 1.807) is 0 Å². The second kappa shape index (κ2) is 13.2. The molecule has 8 nitrogen and oxygen atoms in total. The second-order valence-corrected chi connectivity index (χ2v) is 15.9. The quantitative estimate of drug-likeness (QED) is 0.123. The van der Waals surface area contributed by atoms with E-state index in [0.717, 1.165) is 73.4 Å². The first kappa shape index (κ1) is 32.7. The number of aliphatic hydroxyl groups excluding tert-OH is 1. The standard InChI is InChI=1S/C33H62N5O3/c1-24(35-41-31(40)37(21-22-38(6,7)8)20-18-34-17-19-36(4)5)28-11-12-29-27-10-9-25-23-26(39)13-15-32(25,2)30(27)14-16-33(28,29)3/h25-30,34,39H,9-23H2,1-8H3/q+1/b35-24+/t25-,26-,27-,28+,29-,30-,32-,33+/m0/s1. The van der Waals surface area contributed by atoms with Gasteiger partial charge in [-0.25, -0.2) is 4.79 Å². The van der Waals surface area contributed by atoms with Crippen molar-refractivity contribution in [1.29, 1.82) is 0 Å². The maximum absolute atomic E-state index is 13.2. The van der Waals surface area contributed by atoms with E-state index in [9.17, 15) is 9.90 Å². The Morgan fingerprint density at radius 3 is 2.34 bits per heavy atom. The van der Waals surface area contributed by atoms with Gasteiger partial charge in [-0.15, -0.1) is 0 Å². The Kier molecular flexibility index (Phi) is 10.5. The Balaban J connectivity index is 1.37. The van der Waals surface area contributed by atoms with Crippen molar-refractivity contribution in [3.05, 3.63) is 0 Å². The van der Waals surface area contributed by atoms with Crippen LogP contribution in [0.2, 0.25) is 0 Å². The molecule has 0 spiro atoms. The van der Waals surface area contributed by atoms with Crippen LogP contribution in [0, 0.1) is 40.4 Å². The van der Waals surface area contributed by atoms with Gasteiger partial charge in [0.25, 0.3) is 0 Å². The number of nitrogens with zero attached hydrogens (tertiary/aromatic N) is 4. The number of hydrogen-bond acceptors (Lipinski definition) is 6. The van der Waals surface area contributed by atoms with E-state index in [2.05, 4.69) is 71.4 Å². The number of rotatable bonds is 11. The highest BCUT2D eigenvalue weighted by molar-refractivity contribution is 5.85. The summed E-state index contributed by atoms with van der Waals surface area (Å²) in [7, 11) is 10.6. The van der Waals surface area contributed by atoms with Gasteiger partial charge in [-0.05, 0) is 113 Å². The van der Waals surface area contributed by atoms with Crippen LogP contribution in [-0.4, -0.2) is 112 Å². The highest BCUT2D eigenvalue weighted by Crippen LogP contribution is 2.67. The Labute approximate surface area is 250 Å². The van der Waals surface area contributed by atoms with E-state index in [1.165, 1.54) is 38.5 Å². The van der Waals surface area contributed by atoms with Crippen LogP contribution in [0.5, 0.6) is 0 Å². The van der Waals surface area contributed by atoms with E-state index in [1.807, 2.05) is 4.90 Å². The van der Waals surface area contributed by atoms with Gasteiger partial charge in [0.15, 0.2) is 0 Å². The third-order valence-corrected chi connectivity index (χ3v) is 12.0. The molecule has 0 saturated heterocycles. The van der Waals surface area contributed by atoms with Crippen LogP contribution in [0.4, 0.5) is 4.79 Å². The molecule has 4 saturated carbocycles. The maximum Gasteiger partial charge on any atom is 0.436 e. The van der Waals surface area contributed by atoms with Gasteiger partial charge in [0.2, 0.25) is 0 Å². The van der Waals surface area contributed by atoms with Gasteiger partial charge in [-0.1, -0.05) is 19.0 Å². The maximum atomic E-state index is 13.2. The predicted molar refractivity (Wildman–Crippen MR) is 167 cm³/mol. The summed E-state index contributed by atoms with van der Waals surface area (Å²) in [5.74, 6) is 3.39. The van der Waals surface area contributed by atoms with Gasteiger partial charge in [0.05, 0.1) is 46.0 Å². The van der Waals surface area contributed by atoms with Gasteiger partial charge >= 0.3 is 6.09 Å². The molecule has 0 unspecified atom stereocenters. The Morgan fingerprint density at radius 2 is 1.63 bits per heavy atom. The summed E-state index contributed by atoms with van der Waals surface area (Å²) < 4.78 is 0.796. The first-order valence-corrected chi connectivity index (χ1v) is 16.6. The lowest BCUT2D eigenvalue weighted by atomic mass is 9.44. The predicted octanol–water partition coefficient (Wildman–Crippen LogP) is 4.68. The summed E-state index contributed by atoms with van der Waals surface area (Å²) in [6.07, 6.45) is 10.3. The van der Waals surface area contributed by atoms with Gasteiger partial charge in [0, 0.05) is 32.1 Å². The number of fused-ring (bicyclic) bond motifs is 5. The number of likely N-dealkylation sites (N-methyl/N-ethyl adjacent to an activating group) is 2. The molecule has 8 heteroatoms. The number of carbonyl (C=O) groups is 1. The van der Waals surface area contributed by atoms with Crippen LogP contribution < -0.4 is 5.32 Å². The molecule has 0 aromatic heterocycles. The highest BCUT2D eigenvalue weighted by atomic mass is 16.7. The fourth-order valence-electron chi connectivity index (χ4n) is 9.51. The Hall–Kier alpha value is -1.22. The van der Waals surface area contributed by atoms with E-state index >= 15 is 0 Å². The van der Waals surface area contributed by atoms with E-state index in [4.69, 9.17) is 4.84 Å². The number of nitrogens with one attached hydrogen (secondary N) is 1. The average Bonchev–Trinajstić information content (AvgIpc) is 3.25. The number of aliphatic hydroxyl groups is 1. The lowest BCUT2D eigenvalue weighted by Gasteiger charge is -2.61. The SMILES string of the molecule is C/C(=N\OC(=O)N(CCNCCN(C)C)CC[N+](C)(C)C)[C@H]1CC[C@H]2[C@@H]3CC[C@H]4C[C@@H](O)CC[C@]4(C)[C@H]3CC[C@]12C. The van der Waals surface area contributed by atoms with Crippen molar-refractivity contribution in [2.24, 2.45) is 45.6 Å². The molecule has 236 valence electrons. The van der Waals surface area contributed by atoms with Crippen molar-refractivity contribution in [2.75, 3.05) is 74.5 Å². The van der Waals surface area contributed by atoms with E-state index < -0.39 is 0 Å². The van der Waals surface area contributed by atoms with E-state index in [-0.39, 0.29) is 17.6 Å². The summed E-state index contributed by atoms with van der Waals surface area (Å²) in [5, 5.41) is 18.3. The van der Waals surface area contributed by atoms with Crippen LogP contribution in [0.15, 0.2) is 5.16 Å². The first-order valence-electron chi connectivity index (χ1n) is 16.6. The van der Waals surface area contributed by atoms with Crippen LogP contribution in [-0.2, 0) is 4.84 Å². The van der Waals surface area contributed by atoms with Gasteiger partial charge in [-0.2, -0.15) is 0 Å². The van der Waals surface area contributed by atoms with Crippen molar-refractivity contribution >= 4 is 11.8 Å². The second-order valence-electron chi connectivity index (χ2n) is 15.9. The van der Waals surface area contributed by atoms with Gasteiger partial charge in [-0.3, -0.25) is 9.74 Å². The van der Waals surface area contributed by atoms with Crippen LogP contribution in [0.3, 0.4) is 0 Å². The smallest absolute Gasteiger partial charge is 0.393 e. The fourth-order valence-corrected chi connectivity index (χ4v) is 9.51. The van der Waals surface area contributed by atoms with Gasteiger partial charge in [0.1, 0.15) is 0 Å². The lowest BCUT2D eigenvalue weighted by Crippen LogP contribution is -2.54.